The normalized spacial score (nSPS) is 24.3. The molecule has 0 bridgehead atoms. The molecule has 5 saturated heterocycles. The molecule has 23 heteroatoms. The first-order chi connectivity index (χ1) is 42.2. The molecule has 0 atom stereocenters. The number of nitrogens with zero attached hydrogens (tertiary/aromatic N) is 23. The van der Waals surface area contributed by atoms with Crippen molar-refractivity contribution in [3.8, 4) is 0 Å². The molecular formula is C70H131N23. The Balaban J connectivity index is 1.49. The van der Waals surface area contributed by atoms with E-state index in [1.54, 1.807) is 0 Å². The third-order valence-corrected chi connectivity index (χ3v) is 24.1. The van der Waals surface area contributed by atoms with Gasteiger partial charge in [0.1, 0.15) is 0 Å². The van der Waals surface area contributed by atoms with Crippen molar-refractivity contribution < 1.29 is 0 Å². The standard InChI is InChI=1S/C70H131N23/c1-61(2)35-47(36-62(3,4)85(61)30)84(29)56-77-59(92(50-41-67(13,14)88(33)68(15,16)42-50)45-90(48-37-63(5,6)86(31)64(7,8)38-48)57-73-52(80(21)22)71-53(74-57)81(23)24)79-60(78-56)93(51-43-69(17,18)89(34)70(19,20)44-51)46-91(49-39-65(9,10)87(32)66(11,12)40-49)58-75-54(82(25)26)72-55(76-58)83(27)28/h47-51H,35-46H2,1-34H3. The Hall–Kier alpha value is -4.97. The number of rotatable bonds is 18. The average molecular weight is 1290 g/mol. The minimum atomic E-state index is -0.202. The van der Waals surface area contributed by atoms with Gasteiger partial charge in [-0.15, -0.1) is 0 Å². The van der Waals surface area contributed by atoms with Gasteiger partial charge in [-0.2, -0.15) is 44.9 Å². The molecule has 0 amide bonds. The number of aromatic nitrogens is 9. The van der Waals surface area contributed by atoms with Gasteiger partial charge in [0, 0.05) is 149 Å². The molecule has 0 N–H and O–H groups in total. The van der Waals surface area contributed by atoms with Crippen molar-refractivity contribution in [3.05, 3.63) is 0 Å². The Morgan fingerprint density at radius 3 is 0.548 bits per heavy atom. The molecule has 0 spiro atoms. The maximum Gasteiger partial charge on any atom is 0.233 e. The van der Waals surface area contributed by atoms with Crippen LogP contribution in [0.25, 0.3) is 0 Å². The van der Waals surface area contributed by atoms with Crippen molar-refractivity contribution in [2.24, 2.45) is 0 Å². The van der Waals surface area contributed by atoms with Gasteiger partial charge in [0.15, 0.2) is 0 Å². The topological polar surface area (TPSA) is 161 Å². The Morgan fingerprint density at radius 1 is 0.237 bits per heavy atom. The fourth-order valence-electron chi connectivity index (χ4n) is 17.1. The summed E-state index contributed by atoms with van der Waals surface area (Å²) in [6.45, 7) is 48.9. The van der Waals surface area contributed by atoms with E-state index in [9.17, 15) is 0 Å². The molecule has 23 nitrogen and oxygen atoms in total. The van der Waals surface area contributed by atoms with Gasteiger partial charge in [0.2, 0.25) is 53.5 Å². The van der Waals surface area contributed by atoms with Gasteiger partial charge in [0.05, 0.1) is 13.3 Å². The van der Waals surface area contributed by atoms with E-state index in [1.807, 2.05) is 76.0 Å². The van der Waals surface area contributed by atoms with Crippen LogP contribution in [0.3, 0.4) is 0 Å². The van der Waals surface area contributed by atoms with Gasteiger partial charge in [0.25, 0.3) is 0 Å². The van der Waals surface area contributed by atoms with Crippen LogP contribution >= 0.6 is 0 Å². The van der Waals surface area contributed by atoms with Crippen LogP contribution in [0.1, 0.15) is 203 Å². The highest BCUT2D eigenvalue weighted by Gasteiger charge is 2.53. The van der Waals surface area contributed by atoms with Crippen LogP contribution in [0, 0.1) is 0 Å². The van der Waals surface area contributed by atoms with Crippen molar-refractivity contribution >= 4 is 53.5 Å². The minimum Gasteiger partial charge on any atom is -0.347 e. The molecule has 8 rings (SSSR count). The van der Waals surface area contributed by atoms with Crippen LogP contribution in [-0.4, -0.2) is 267 Å². The Kier molecular flexibility index (Phi) is 20.0. The molecule has 5 fully saturated rings. The smallest absolute Gasteiger partial charge is 0.233 e. The van der Waals surface area contributed by atoms with E-state index in [0.717, 1.165) is 64.2 Å². The zero-order chi connectivity index (χ0) is 70.0. The van der Waals surface area contributed by atoms with E-state index in [4.69, 9.17) is 44.9 Å². The summed E-state index contributed by atoms with van der Waals surface area (Å²) in [5.74, 6) is 5.68. The fraction of sp³-hybridized carbons (Fsp3) is 0.871. The molecule has 526 valence electrons. The summed E-state index contributed by atoms with van der Waals surface area (Å²) < 4.78 is 0. The summed E-state index contributed by atoms with van der Waals surface area (Å²) in [6.07, 6.45) is 8.79. The maximum atomic E-state index is 6.17. The van der Waals surface area contributed by atoms with Crippen molar-refractivity contribution in [2.75, 3.05) is 156 Å². The predicted octanol–water partition coefficient (Wildman–Crippen LogP) is 9.74. The lowest BCUT2D eigenvalue weighted by molar-refractivity contribution is -0.0168. The third-order valence-electron chi connectivity index (χ3n) is 24.1. The van der Waals surface area contributed by atoms with E-state index in [2.05, 4.69) is 230 Å². The lowest BCUT2D eigenvalue weighted by Gasteiger charge is -2.58. The molecule has 0 aromatic carbocycles. The number of hydrogen-bond donors (Lipinski definition) is 0. The molecule has 0 saturated carbocycles. The van der Waals surface area contributed by atoms with Crippen molar-refractivity contribution in [3.63, 3.8) is 0 Å². The van der Waals surface area contributed by atoms with Gasteiger partial charge in [-0.05, 0) is 238 Å². The zero-order valence-corrected chi connectivity index (χ0v) is 65.2. The Bertz CT molecular complexity index is 2770. The summed E-state index contributed by atoms with van der Waals surface area (Å²) in [5.41, 5.74) is -1.69. The highest BCUT2D eigenvalue weighted by Crippen LogP contribution is 2.47. The first-order valence-corrected chi connectivity index (χ1v) is 34.7. The monoisotopic (exact) mass is 1290 g/mol. The van der Waals surface area contributed by atoms with Crippen LogP contribution in [0.4, 0.5) is 53.5 Å². The van der Waals surface area contributed by atoms with Gasteiger partial charge >= 0.3 is 0 Å². The molecule has 8 heterocycles. The van der Waals surface area contributed by atoms with E-state index in [-0.39, 0.29) is 85.6 Å². The number of hydrogen-bond acceptors (Lipinski definition) is 23. The molecule has 3 aromatic heterocycles. The molecule has 93 heavy (non-hydrogen) atoms. The highest BCUT2D eigenvalue weighted by atomic mass is 15.5. The van der Waals surface area contributed by atoms with Crippen molar-refractivity contribution in [1.82, 2.24) is 69.4 Å². The second kappa shape index (κ2) is 25.2. The second-order valence-electron chi connectivity index (χ2n) is 36.3. The Labute approximate surface area is 564 Å². The van der Waals surface area contributed by atoms with Crippen molar-refractivity contribution in [2.45, 2.75) is 288 Å². The second-order valence-corrected chi connectivity index (χ2v) is 36.3. The van der Waals surface area contributed by atoms with Gasteiger partial charge in [-0.3, -0.25) is 24.5 Å². The summed E-state index contributed by atoms with van der Waals surface area (Å²) in [6, 6.07) is 0.0620. The van der Waals surface area contributed by atoms with Gasteiger partial charge < -0.3 is 44.1 Å². The first kappa shape index (κ1) is 73.8. The summed E-state index contributed by atoms with van der Waals surface area (Å²) in [5, 5.41) is 0. The minimum absolute atomic E-state index is 0.0109. The van der Waals surface area contributed by atoms with E-state index in [0.29, 0.717) is 66.9 Å². The molecule has 5 aliphatic rings. The molecular weight excluding hydrogens is 1160 g/mol. The zero-order valence-electron chi connectivity index (χ0n) is 65.2. The molecule has 0 aliphatic carbocycles. The first-order valence-electron chi connectivity index (χ1n) is 34.7. The van der Waals surface area contributed by atoms with E-state index >= 15 is 0 Å². The third kappa shape index (κ3) is 15.0. The lowest BCUT2D eigenvalue weighted by Crippen LogP contribution is -2.66. The molecule has 5 aliphatic heterocycles. The van der Waals surface area contributed by atoms with Crippen LogP contribution in [-0.2, 0) is 0 Å². The number of likely N-dealkylation sites (tertiary alicyclic amines) is 5. The van der Waals surface area contributed by atoms with Crippen LogP contribution in [0.2, 0.25) is 0 Å². The van der Waals surface area contributed by atoms with Crippen LogP contribution < -0.4 is 44.1 Å². The Morgan fingerprint density at radius 2 is 0.376 bits per heavy atom. The van der Waals surface area contributed by atoms with E-state index in [1.165, 1.54) is 0 Å². The molecule has 0 unspecified atom stereocenters. The summed E-state index contributed by atoms with van der Waals surface area (Å²) in [4.78, 5) is 83.6. The van der Waals surface area contributed by atoms with Crippen molar-refractivity contribution in [1.29, 1.82) is 0 Å². The van der Waals surface area contributed by atoms with E-state index < -0.39 is 0 Å². The molecule has 0 radical (unpaired) electrons. The number of piperidine rings is 5. The predicted molar refractivity (Wildman–Crippen MR) is 390 cm³/mol. The summed E-state index contributed by atoms with van der Waals surface area (Å²) >= 11 is 0. The van der Waals surface area contributed by atoms with Gasteiger partial charge in [-0.1, -0.05) is 0 Å². The molecule has 3 aromatic rings. The largest absolute Gasteiger partial charge is 0.347 e. The quantitative estimate of drug-likeness (QED) is 0.111. The highest BCUT2D eigenvalue weighted by molar-refractivity contribution is 5.54. The van der Waals surface area contributed by atoms with Crippen LogP contribution in [0.15, 0.2) is 0 Å². The average Bonchev–Trinajstić information content (AvgIpc) is 0.764. The lowest BCUT2D eigenvalue weighted by atomic mass is 9.76. The fourth-order valence-corrected chi connectivity index (χ4v) is 17.1. The van der Waals surface area contributed by atoms with Crippen LogP contribution in [0.5, 0.6) is 0 Å². The summed E-state index contributed by atoms with van der Waals surface area (Å²) in [7, 11) is 29.9. The number of anilines is 9. The maximum absolute atomic E-state index is 6.17. The van der Waals surface area contributed by atoms with Gasteiger partial charge in [-0.25, -0.2) is 0 Å². The SMILES string of the molecule is CN(C)c1nc(N(C)C)nc(N(CN(c2nc(N(C)C3CC(C)(C)N(C)C(C)(C)C3)nc(N(CN(c3nc(N(C)C)nc(N(C)C)n3)C3CC(C)(C)N(C)C(C)(C)C3)C3CC(C)(C)N(C)C(C)(C)C3)n2)C2CC(C)(C)N(C)C(C)(C)C2)C2CC(C)(C)N(C)C(C)(C)C2)n1.